The lowest BCUT2D eigenvalue weighted by atomic mass is 10.0. The molecule has 2 N–H and O–H groups in total. The van der Waals surface area contributed by atoms with Crippen molar-refractivity contribution in [3.05, 3.63) is 95.6 Å². The summed E-state index contributed by atoms with van der Waals surface area (Å²) >= 11 is 1.43. The van der Waals surface area contributed by atoms with Crippen LogP contribution in [-0.2, 0) is 11.2 Å². The Balaban J connectivity index is 1.48. The number of hydrogen-bond donors (Lipinski definition) is 2. The quantitative estimate of drug-likeness (QED) is 0.432. The number of hydrogen-bond acceptors (Lipinski definition) is 5. The van der Waals surface area contributed by atoms with E-state index in [9.17, 15) is 4.79 Å². The van der Waals surface area contributed by atoms with Crippen LogP contribution in [0.1, 0.15) is 29.7 Å². The van der Waals surface area contributed by atoms with Crippen molar-refractivity contribution in [2.24, 2.45) is 0 Å². The van der Waals surface area contributed by atoms with Crippen LogP contribution in [0.15, 0.2) is 84.0 Å². The van der Waals surface area contributed by atoms with E-state index >= 15 is 0 Å². The Labute approximate surface area is 197 Å². The number of carbonyl (C=O) groups is 1. The second kappa shape index (κ2) is 9.11. The molecule has 1 amide bonds. The fourth-order valence-electron chi connectivity index (χ4n) is 3.89. The predicted molar refractivity (Wildman–Crippen MR) is 133 cm³/mol. The van der Waals surface area contributed by atoms with Gasteiger partial charge in [-0.3, -0.25) is 4.79 Å². The molecule has 0 bridgehead atoms. The van der Waals surface area contributed by atoms with E-state index in [1.807, 2.05) is 59.3 Å². The number of aryl methyl sites for hydroxylation is 2. The Morgan fingerprint density at radius 2 is 1.73 bits per heavy atom. The molecule has 1 aliphatic heterocycles. The summed E-state index contributed by atoms with van der Waals surface area (Å²) in [4.78, 5) is 13.4. The highest BCUT2D eigenvalue weighted by Gasteiger charge is 2.38. The van der Waals surface area contributed by atoms with Crippen molar-refractivity contribution in [2.75, 3.05) is 10.7 Å². The maximum atomic E-state index is 13.4. The van der Waals surface area contributed by atoms with E-state index < -0.39 is 5.25 Å². The van der Waals surface area contributed by atoms with E-state index in [1.54, 1.807) is 0 Å². The van der Waals surface area contributed by atoms with Crippen LogP contribution in [0.2, 0.25) is 0 Å². The number of fused-ring (bicyclic) bond motifs is 1. The van der Waals surface area contributed by atoms with Gasteiger partial charge in [0.15, 0.2) is 5.82 Å². The smallest absolute Gasteiger partial charge is 0.240 e. The van der Waals surface area contributed by atoms with Crippen molar-refractivity contribution in [1.82, 2.24) is 14.9 Å². The Hall–Kier alpha value is -3.58. The highest BCUT2D eigenvalue weighted by Crippen LogP contribution is 2.39. The van der Waals surface area contributed by atoms with E-state index in [4.69, 9.17) is 0 Å². The number of aromatic nitrogens is 3. The molecule has 2 heterocycles. The second-order valence-corrected chi connectivity index (χ2v) is 9.21. The highest BCUT2D eigenvalue weighted by molar-refractivity contribution is 8.00. The topological polar surface area (TPSA) is 71.8 Å². The molecule has 5 rings (SSSR count). The third-order valence-electron chi connectivity index (χ3n) is 5.79. The first-order valence-corrected chi connectivity index (χ1v) is 11.9. The molecule has 0 unspecified atom stereocenters. The molecule has 0 spiro atoms. The largest absolute Gasteiger partial charge is 0.325 e. The van der Waals surface area contributed by atoms with Gasteiger partial charge in [0.05, 0.1) is 6.04 Å². The van der Waals surface area contributed by atoms with Crippen LogP contribution in [0, 0.1) is 6.92 Å². The molecule has 0 saturated heterocycles. The molecule has 33 heavy (non-hydrogen) atoms. The number of anilines is 1. The first-order chi connectivity index (χ1) is 16.1. The summed E-state index contributed by atoms with van der Waals surface area (Å²) in [6, 6.07) is 26.0. The summed E-state index contributed by atoms with van der Waals surface area (Å²) < 4.78 is 1.89. The summed E-state index contributed by atoms with van der Waals surface area (Å²) in [7, 11) is 0. The zero-order valence-corrected chi connectivity index (χ0v) is 19.3. The Morgan fingerprint density at radius 1 is 1.00 bits per heavy atom. The molecule has 0 fully saturated rings. The van der Waals surface area contributed by atoms with Gasteiger partial charge in [-0.15, -0.1) is 10.2 Å². The minimum Gasteiger partial charge on any atom is -0.325 e. The van der Waals surface area contributed by atoms with Gasteiger partial charge in [-0.25, -0.2) is 4.68 Å². The average Bonchev–Trinajstić information content (AvgIpc) is 3.28. The van der Waals surface area contributed by atoms with Crippen LogP contribution in [0.4, 0.5) is 5.69 Å². The third kappa shape index (κ3) is 4.36. The Bertz CT molecular complexity index is 1250. The van der Waals surface area contributed by atoms with Crippen LogP contribution in [0.25, 0.3) is 11.4 Å². The molecule has 7 heteroatoms. The van der Waals surface area contributed by atoms with Crippen molar-refractivity contribution in [3.8, 4) is 11.4 Å². The first-order valence-electron chi connectivity index (χ1n) is 11.0. The molecule has 0 radical (unpaired) electrons. The summed E-state index contributed by atoms with van der Waals surface area (Å²) in [5, 5.41) is 12.1. The van der Waals surface area contributed by atoms with Crippen LogP contribution < -0.4 is 10.7 Å². The zero-order valence-electron chi connectivity index (χ0n) is 18.5. The Kier molecular flexibility index (Phi) is 5.88. The van der Waals surface area contributed by atoms with Gasteiger partial charge in [0.2, 0.25) is 11.1 Å². The number of amides is 1. The highest BCUT2D eigenvalue weighted by atomic mass is 32.2. The zero-order chi connectivity index (χ0) is 22.8. The lowest BCUT2D eigenvalue weighted by molar-refractivity contribution is -0.116. The molecule has 3 aromatic carbocycles. The number of benzene rings is 3. The lowest BCUT2D eigenvalue weighted by Gasteiger charge is -2.33. The fraction of sp³-hybridized carbons (Fsp3) is 0.192. The molecule has 0 saturated carbocycles. The second-order valence-electron chi connectivity index (χ2n) is 8.10. The van der Waals surface area contributed by atoms with Gasteiger partial charge >= 0.3 is 0 Å². The maximum absolute atomic E-state index is 13.4. The summed E-state index contributed by atoms with van der Waals surface area (Å²) in [5.74, 6) is 0.655. The Morgan fingerprint density at radius 3 is 2.42 bits per heavy atom. The lowest BCUT2D eigenvalue weighted by Crippen LogP contribution is -2.41. The van der Waals surface area contributed by atoms with Gasteiger partial charge in [0.1, 0.15) is 5.25 Å². The number of thioether (sulfide) groups is 1. The van der Waals surface area contributed by atoms with Crippen molar-refractivity contribution in [2.45, 2.75) is 36.7 Å². The molecule has 4 aromatic rings. The normalized spacial score (nSPS) is 17.2. The van der Waals surface area contributed by atoms with Gasteiger partial charge in [0.25, 0.3) is 0 Å². The minimum absolute atomic E-state index is 0.0714. The van der Waals surface area contributed by atoms with Crippen LogP contribution in [0.3, 0.4) is 0 Å². The van der Waals surface area contributed by atoms with E-state index in [2.05, 4.69) is 59.1 Å². The van der Waals surface area contributed by atoms with E-state index in [0.717, 1.165) is 29.1 Å². The van der Waals surface area contributed by atoms with Gasteiger partial charge in [-0.2, -0.15) is 0 Å². The molecule has 0 aliphatic carbocycles. The fourth-order valence-corrected chi connectivity index (χ4v) is 4.97. The van der Waals surface area contributed by atoms with Crippen molar-refractivity contribution >= 4 is 23.4 Å². The number of nitrogens with zero attached hydrogens (tertiary/aromatic N) is 3. The molecular formula is C26H25N5OS. The first kappa shape index (κ1) is 21.3. The third-order valence-corrected chi connectivity index (χ3v) is 7.01. The number of nitrogens with one attached hydrogen (secondary N) is 2. The summed E-state index contributed by atoms with van der Waals surface area (Å²) in [5.41, 5.74) is 8.73. The maximum Gasteiger partial charge on any atom is 0.240 e. The van der Waals surface area contributed by atoms with Gasteiger partial charge in [-0.1, -0.05) is 91.0 Å². The molecule has 1 aromatic heterocycles. The number of rotatable bonds is 5. The molecule has 2 atom stereocenters. The average molecular weight is 456 g/mol. The van der Waals surface area contributed by atoms with Crippen molar-refractivity contribution in [1.29, 1.82) is 0 Å². The van der Waals surface area contributed by atoms with Gasteiger partial charge in [-0.05, 0) is 36.6 Å². The summed E-state index contributed by atoms with van der Waals surface area (Å²) in [6.45, 7) is 4.17. The standard InChI is InChI=1S/C26H25N5OS/c1-3-18-11-15-21(16-12-18)27-25(32)23-22(19-13-9-17(2)10-14-19)30-31-24(28-29-26(31)33-23)20-7-5-4-6-8-20/h4-16,22-23,30H,3H2,1-2H3,(H,27,32)/t22-,23-/m0/s1. The molecule has 166 valence electrons. The van der Waals surface area contributed by atoms with Crippen molar-refractivity contribution in [3.63, 3.8) is 0 Å². The number of carbonyl (C=O) groups excluding carboxylic acids is 1. The molecular weight excluding hydrogens is 430 g/mol. The van der Waals surface area contributed by atoms with E-state index in [1.165, 1.54) is 22.9 Å². The molecule has 6 nitrogen and oxygen atoms in total. The molecule has 1 aliphatic rings. The van der Waals surface area contributed by atoms with Crippen molar-refractivity contribution < 1.29 is 4.79 Å². The SMILES string of the molecule is CCc1ccc(NC(=O)[C@H]2Sc3nnc(-c4ccccc4)n3N[C@H]2c2ccc(C)cc2)cc1. The van der Waals surface area contributed by atoms with Crippen LogP contribution in [0.5, 0.6) is 0 Å². The van der Waals surface area contributed by atoms with E-state index in [-0.39, 0.29) is 11.9 Å². The monoisotopic (exact) mass is 455 g/mol. The van der Waals surface area contributed by atoms with Crippen LogP contribution in [-0.4, -0.2) is 26.0 Å². The minimum atomic E-state index is -0.418. The van der Waals surface area contributed by atoms with Crippen LogP contribution >= 0.6 is 11.8 Å². The van der Waals surface area contributed by atoms with Gasteiger partial charge in [0, 0.05) is 11.3 Å². The summed E-state index contributed by atoms with van der Waals surface area (Å²) in [6.07, 6.45) is 0.964. The van der Waals surface area contributed by atoms with E-state index in [0.29, 0.717) is 5.16 Å². The van der Waals surface area contributed by atoms with Gasteiger partial charge < -0.3 is 10.7 Å². The predicted octanol–water partition coefficient (Wildman–Crippen LogP) is 5.21.